The molecule has 0 saturated carbocycles. The average molecular weight is 225 g/mol. The Morgan fingerprint density at radius 3 is 2.53 bits per heavy atom. The van der Waals surface area contributed by atoms with Crippen molar-refractivity contribution in [3.05, 3.63) is 53.9 Å². The van der Waals surface area contributed by atoms with Crippen molar-refractivity contribution in [2.24, 2.45) is 7.05 Å². The highest BCUT2D eigenvalue weighted by Crippen LogP contribution is 2.07. The zero-order valence-electron chi connectivity index (χ0n) is 9.97. The lowest BCUT2D eigenvalue weighted by Gasteiger charge is -2.02. The first-order chi connectivity index (χ1) is 8.16. The molecule has 1 amide bonds. The number of hydrogen-bond donors (Lipinski definition) is 1. The van der Waals surface area contributed by atoms with E-state index in [4.69, 9.17) is 0 Å². The number of rotatable bonds is 3. The predicted octanol–water partition coefficient (Wildman–Crippen LogP) is 1.01. The molecular formula is C13H14BN2O. The standard InChI is InChI=1S/C13H14BN2O/c1-10-8-16(2)9-12(10)13(17)15-14-11-6-4-3-5-7-11/h3-9H,1-2H3,(H,15,17). The molecule has 0 bridgehead atoms. The van der Waals surface area contributed by atoms with E-state index in [2.05, 4.69) is 5.23 Å². The summed E-state index contributed by atoms with van der Waals surface area (Å²) < 4.78 is 1.88. The second kappa shape index (κ2) is 4.91. The van der Waals surface area contributed by atoms with Crippen LogP contribution in [0.2, 0.25) is 0 Å². The summed E-state index contributed by atoms with van der Waals surface area (Å²) in [4.78, 5) is 11.9. The van der Waals surface area contributed by atoms with Crippen molar-refractivity contribution in [3.63, 3.8) is 0 Å². The third kappa shape index (κ3) is 2.78. The highest BCUT2D eigenvalue weighted by molar-refractivity contribution is 6.54. The highest BCUT2D eigenvalue weighted by atomic mass is 16.1. The first kappa shape index (κ1) is 11.5. The summed E-state index contributed by atoms with van der Waals surface area (Å²) in [5, 5.41) is 2.79. The zero-order valence-corrected chi connectivity index (χ0v) is 9.97. The van der Waals surface area contributed by atoms with Crippen molar-refractivity contribution in [2.75, 3.05) is 0 Å². The van der Waals surface area contributed by atoms with E-state index in [9.17, 15) is 4.79 Å². The maximum Gasteiger partial charge on any atom is 0.285 e. The Labute approximate surface area is 102 Å². The molecule has 1 aromatic heterocycles. The molecular weight excluding hydrogens is 211 g/mol. The lowest BCUT2D eigenvalue weighted by atomic mass is 9.83. The van der Waals surface area contributed by atoms with Crippen LogP contribution in [0.25, 0.3) is 0 Å². The van der Waals surface area contributed by atoms with Crippen molar-refractivity contribution in [3.8, 4) is 0 Å². The van der Waals surface area contributed by atoms with Crippen LogP contribution in [-0.4, -0.2) is 17.9 Å². The minimum Gasteiger partial charge on any atom is -0.394 e. The van der Waals surface area contributed by atoms with Crippen molar-refractivity contribution < 1.29 is 4.79 Å². The number of aromatic nitrogens is 1. The minimum atomic E-state index is -0.0769. The van der Waals surface area contributed by atoms with Crippen molar-refractivity contribution in [1.29, 1.82) is 0 Å². The third-order valence-corrected chi connectivity index (χ3v) is 2.57. The van der Waals surface area contributed by atoms with Gasteiger partial charge in [0.15, 0.2) is 0 Å². The monoisotopic (exact) mass is 225 g/mol. The van der Waals surface area contributed by atoms with Crippen LogP contribution >= 0.6 is 0 Å². The number of benzene rings is 1. The van der Waals surface area contributed by atoms with E-state index in [-0.39, 0.29) is 5.91 Å². The van der Waals surface area contributed by atoms with Gasteiger partial charge in [-0.1, -0.05) is 35.8 Å². The van der Waals surface area contributed by atoms with Crippen LogP contribution in [-0.2, 0) is 7.05 Å². The fourth-order valence-corrected chi connectivity index (χ4v) is 1.73. The Balaban J connectivity index is 2.01. The molecule has 1 N–H and O–H groups in total. The molecule has 0 fully saturated rings. The SMILES string of the molecule is Cc1cn(C)cc1C(=O)N[B]c1ccccc1. The molecule has 2 aromatic rings. The summed E-state index contributed by atoms with van der Waals surface area (Å²) in [6.07, 6.45) is 3.75. The second-order valence-electron chi connectivity index (χ2n) is 4.05. The van der Waals surface area contributed by atoms with Gasteiger partial charge in [-0.25, -0.2) is 0 Å². The van der Waals surface area contributed by atoms with Crippen LogP contribution in [0.1, 0.15) is 15.9 Å². The number of aryl methyl sites for hydroxylation is 2. The van der Waals surface area contributed by atoms with Crippen molar-refractivity contribution >= 4 is 18.8 Å². The van der Waals surface area contributed by atoms with Crippen LogP contribution in [0.15, 0.2) is 42.7 Å². The predicted molar refractivity (Wildman–Crippen MR) is 69.4 cm³/mol. The van der Waals surface area contributed by atoms with Gasteiger partial charge in [0.1, 0.15) is 0 Å². The van der Waals surface area contributed by atoms with Crippen LogP contribution in [0.5, 0.6) is 0 Å². The molecule has 17 heavy (non-hydrogen) atoms. The summed E-state index contributed by atoms with van der Waals surface area (Å²) in [5.41, 5.74) is 2.67. The molecule has 1 heterocycles. The molecule has 0 unspecified atom stereocenters. The molecule has 0 aliphatic rings. The van der Waals surface area contributed by atoms with Gasteiger partial charge in [0, 0.05) is 19.4 Å². The molecule has 85 valence electrons. The molecule has 0 aliphatic heterocycles. The van der Waals surface area contributed by atoms with Crippen molar-refractivity contribution in [2.45, 2.75) is 6.92 Å². The number of carbonyl (C=O) groups excluding carboxylic acids is 1. The fraction of sp³-hybridized carbons (Fsp3) is 0.154. The second-order valence-corrected chi connectivity index (χ2v) is 4.05. The number of amides is 1. The normalized spacial score (nSPS) is 10.0. The Bertz CT molecular complexity index is 519. The van der Waals surface area contributed by atoms with Gasteiger partial charge in [0.25, 0.3) is 7.41 Å². The van der Waals surface area contributed by atoms with E-state index < -0.39 is 0 Å². The van der Waals surface area contributed by atoms with Crippen molar-refractivity contribution in [1.82, 2.24) is 9.79 Å². The van der Waals surface area contributed by atoms with Gasteiger partial charge in [-0.2, -0.15) is 0 Å². The fourth-order valence-electron chi connectivity index (χ4n) is 1.73. The van der Waals surface area contributed by atoms with Gasteiger partial charge in [-0.15, -0.1) is 0 Å². The summed E-state index contributed by atoms with van der Waals surface area (Å²) >= 11 is 0. The summed E-state index contributed by atoms with van der Waals surface area (Å²) in [5.74, 6) is -0.0769. The first-order valence-corrected chi connectivity index (χ1v) is 5.48. The van der Waals surface area contributed by atoms with Crippen LogP contribution in [0.3, 0.4) is 0 Å². The van der Waals surface area contributed by atoms with Crippen LogP contribution in [0.4, 0.5) is 0 Å². The van der Waals surface area contributed by atoms with E-state index in [1.165, 1.54) is 0 Å². The van der Waals surface area contributed by atoms with Gasteiger partial charge in [0.05, 0.1) is 5.56 Å². The lowest BCUT2D eigenvalue weighted by Crippen LogP contribution is -2.35. The largest absolute Gasteiger partial charge is 0.394 e. The molecule has 4 heteroatoms. The molecule has 1 aromatic carbocycles. The van der Waals surface area contributed by atoms with Gasteiger partial charge in [-0.05, 0) is 12.5 Å². The van der Waals surface area contributed by atoms with Gasteiger partial charge < -0.3 is 9.79 Å². The maximum atomic E-state index is 11.9. The summed E-state index contributed by atoms with van der Waals surface area (Å²) in [7, 11) is 3.62. The quantitative estimate of drug-likeness (QED) is 0.777. The lowest BCUT2D eigenvalue weighted by molar-refractivity contribution is 0.0980. The minimum absolute atomic E-state index is 0.0769. The molecule has 0 aliphatic carbocycles. The van der Waals surface area contributed by atoms with E-state index in [1.807, 2.05) is 61.3 Å². The smallest absolute Gasteiger partial charge is 0.285 e. The van der Waals surface area contributed by atoms with Crippen LogP contribution < -0.4 is 10.7 Å². The number of nitrogens with one attached hydrogen (secondary N) is 1. The summed E-state index contributed by atoms with van der Waals surface area (Å²) in [6, 6.07) is 9.70. The van der Waals surface area contributed by atoms with E-state index >= 15 is 0 Å². The van der Waals surface area contributed by atoms with E-state index in [1.54, 1.807) is 7.41 Å². The Kier molecular flexibility index (Phi) is 3.33. The Morgan fingerprint density at radius 2 is 1.94 bits per heavy atom. The molecule has 1 radical (unpaired) electrons. The topological polar surface area (TPSA) is 34.0 Å². The van der Waals surface area contributed by atoms with Gasteiger partial charge in [0.2, 0.25) is 5.91 Å². The molecule has 3 nitrogen and oxygen atoms in total. The molecule has 0 spiro atoms. The maximum absolute atomic E-state index is 11.9. The Morgan fingerprint density at radius 1 is 1.24 bits per heavy atom. The number of hydrogen-bond acceptors (Lipinski definition) is 1. The zero-order chi connectivity index (χ0) is 12.3. The Hall–Kier alpha value is -1.97. The van der Waals surface area contributed by atoms with Gasteiger partial charge >= 0.3 is 0 Å². The molecule has 0 atom stereocenters. The van der Waals surface area contributed by atoms with E-state index in [0.29, 0.717) is 5.56 Å². The third-order valence-electron chi connectivity index (χ3n) is 2.57. The average Bonchev–Trinajstić information content (AvgIpc) is 2.67. The summed E-state index contributed by atoms with van der Waals surface area (Å²) in [6.45, 7) is 1.93. The van der Waals surface area contributed by atoms with E-state index in [0.717, 1.165) is 11.0 Å². The first-order valence-electron chi connectivity index (χ1n) is 5.48. The molecule has 0 saturated heterocycles. The van der Waals surface area contributed by atoms with Gasteiger partial charge in [-0.3, -0.25) is 4.79 Å². The molecule has 2 rings (SSSR count). The number of nitrogens with zero attached hydrogens (tertiary/aromatic N) is 1. The highest BCUT2D eigenvalue weighted by Gasteiger charge is 2.10. The van der Waals surface area contributed by atoms with Crippen LogP contribution in [0, 0.1) is 6.92 Å². The number of carbonyl (C=O) groups is 1.